The zero-order valence-corrected chi connectivity index (χ0v) is 18.6. The SMILES string of the molecule is C=CC(=O)OCCCCCOc1ccc(C2CCC(CCCCC)CC2)cc1C=O. The van der Waals surface area contributed by atoms with Crippen molar-refractivity contribution in [3.8, 4) is 5.75 Å². The molecule has 1 saturated carbocycles. The first kappa shape index (κ1) is 24.2. The second-order valence-corrected chi connectivity index (χ2v) is 8.41. The van der Waals surface area contributed by atoms with Gasteiger partial charge < -0.3 is 9.47 Å². The minimum Gasteiger partial charge on any atom is -0.493 e. The molecule has 0 amide bonds. The summed E-state index contributed by atoms with van der Waals surface area (Å²) in [6, 6.07) is 6.12. The van der Waals surface area contributed by atoms with Crippen molar-refractivity contribution in [3.63, 3.8) is 0 Å². The summed E-state index contributed by atoms with van der Waals surface area (Å²) in [7, 11) is 0. The topological polar surface area (TPSA) is 52.6 Å². The number of ether oxygens (including phenoxy) is 2. The number of carbonyl (C=O) groups is 2. The van der Waals surface area contributed by atoms with Gasteiger partial charge in [0.05, 0.1) is 18.8 Å². The molecule has 4 heteroatoms. The van der Waals surface area contributed by atoms with Gasteiger partial charge in [-0.1, -0.05) is 45.3 Å². The van der Waals surface area contributed by atoms with Crippen LogP contribution in [-0.2, 0) is 9.53 Å². The van der Waals surface area contributed by atoms with Crippen LogP contribution in [0.25, 0.3) is 0 Å². The zero-order chi connectivity index (χ0) is 21.6. The monoisotopic (exact) mass is 414 g/mol. The molecule has 1 aromatic carbocycles. The average molecular weight is 415 g/mol. The number of hydrogen-bond acceptors (Lipinski definition) is 4. The predicted molar refractivity (Wildman–Crippen MR) is 121 cm³/mol. The maximum absolute atomic E-state index is 11.6. The molecule has 0 heterocycles. The smallest absolute Gasteiger partial charge is 0.330 e. The normalized spacial score (nSPS) is 18.6. The lowest BCUT2D eigenvalue weighted by Crippen LogP contribution is -2.13. The Kier molecular flexibility index (Phi) is 11.3. The fraction of sp³-hybridized carbons (Fsp3) is 0.615. The van der Waals surface area contributed by atoms with Crippen LogP contribution >= 0.6 is 0 Å². The first-order valence-corrected chi connectivity index (χ1v) is 11.7. The number of aldehydes is 1. The van der Waals surface area contributed by atoms with Crippen LogP contribution in [0, 0.1) is 5.92 Å². The van der Waals surface area contributed by atoms with E-state index in [1.807, 2.05) is 12.1 Å². The van der Waals surface area contributed by atoms with Gasteiger partial charge in [-0.2, -0.15) is 0 Å². The highest BCUT2D eigenvalue weighted by molar-refractivity contribution is 5.81. The Morgan fingerprint density at radius 3 is 2.53 bits per heavy atom. The fourth-order valence-corrected chi connectivity index (χ4v) is 4.31. The second-order valence-electron chi connectivity index (χ2n) is 8.41. The predicted octanol–water partition coefficient (Wildman–Crippen LogP) is 6.63. The van der Waals surface area contributed by atoms with Gasteiger partial charge in [-0.25, -0.2) is 4.79 Å². The number of esters is 1. The molecule has 0 aromatic heterocycles. The number of rotatable bonds is 14. The van der Waals surface area contributed by atoms with E-state index in [4.69, 9.17) is 9.47 Å². The standard InChI is InChI=1S/C26H38O4/c1-3-5-7-10-21-11-13-22(14-12-21)23-15-16-25(24(19-23)20-27)29-17-8-6-9-18-30-26(28)4-2/h4,15-16,19-22H,2-3,5-14,17-18H2,1H3. The van der Waals surface area contributed by atoms with Gasteiger partial charge in [0.1, 0.15) is 5.75 Å². The van der Waals surface area contributed by atoms with Crippen LogP contribution in [0.15, 0.2) is 30.9 Å². The quantitative estimate of drug-likeness (QED) is 0.148. The number of benzene rings is 1. The van der Waals surface area contributed by atoms with Gasteiger partial charge in [0, 0.05) is 6.08 Å². The van der Waals surface area contributed by atoms with E-state index in [9.17, 15) is 9.59 Å². The van der Waals surface area contributed by atoms with Crippen molar-refractivity contribution in [2.45, 2.75) is 83.5 Å². The highest BCUT2D eigenvalue weighted by Crippen LogP contribution is 2.38. The fourth-order valence-electron chi connectivity index (χ4n) is 4.31. The summed E-state index contributed by atoms with van der Waals surface area (Å²) in [5.74, 6) is 1.74. The molecule has 0 saturated heterocycles. The van der Waals surface area contributed by atoms with Gasteiger partial charge in [-0.15, -0.1) is 0 Å². The summed E-state index contributed by atoms with van der Waals surface area (Å²) in [6.07, 6.45) is 15.1. The van der Waals surface area contributed by atoms with Crippen molar-refractivity contribution in [2.24, 2.45) is 5.92 Å². The highest BCUT2D eigenvalue weighted by Gasteiger charge is 2.22. The molecule has 0 atom stereocenters. The number of hydrogen-bond donors (Lipinski definition) is 0. The van der Waals surface area contributed by atoms with E-state index < -0.39 is 0 Å². The lowest BCUT2D eigenvalue weighted by Gasteiger charge is -2.29. The van der Waals surface area contributed by atoms with Crippen molar-refractivity contribution >= 4 is 12.3 Å². The number of carbonyl (C=O) groups excluding carboxylic acids is 2. The summed E-state index contributed by atoms with van der Waals surface area (Å²) < 4.78 is 10.8. The summed E-state index contributed by atoms with van der Waals surface area (Å²) in [6.45, 7) is 6.59. The molecular weight excluding hydrogens is 376 g/mol. The Morgan fingerprint density at radius 2 is 1.83 bits per heavy atom. The number of unbranched alkanes of at least 4 members (excludes halogenated alkanes) is 4. The van der Waals surface area contributed by atoms with Crippen molar-refractivity contribution in [2.75, 3.05) is 13.2 Å². The van der Waals surface area contributed by atoms with Gasteiger partial charge in [-0.05, 0) is 74.5 Å². The molecule has 0 bridgehead atoms. The third kappa shape index (κ3) is 8.33. The van der Waals surface area contributed by atoms with Gasteiger partial charge in [0.15, 0.2) is 6.29 Å². The first-order valence-electron chi connectivity index (χ1n) is 11.7. The summed E-state index contributed by atoms with van der Waals surface area (Å²) in [5, 5.41) is 0. The summed E-state index contributed by atoms with van der Waals surface area (Å²) in [4.78, 5) is 22.6. The molecule has 166 valence electrons. The lowest BCUT2D eigenvalue weighted by molar-refractivity contribution is -0.137. The molecule has 1 fully saturated rings. The van der Waals surface area contributed by atoms with Gasteiger partial charge in [0.25, 0.3) is 0 Å². The van der Waals surface area contributed by atoms with Gasteiger partial charge in [0.2, 0.25) is 0 Å². The van der Waals surface area contributed by atoms with Crippen LogP contribution in [0.4, 0.5) is 0 Å². The maximum atomic E-state index is 11.6. The van der Waals surface area contributed by atoms with Crippen LogP contribution < -0.4 is 4.74 Å². The molecule has 1 aliphatic carbocycles. The van der Waals surface area contributed by atoms with E-state index >= 15 is 0 Å². The van der Waals surface area contributed by atoms with E-state index in [2.05, 4.69) is 19.6 Å². The Balaban J connectivity index is 1.73. The van der Waals surface area contributed by atoms with Crippen molar-refractivity contribution < 1.29 is 19.1 Å². The highest BCUT2D eigenvalue weighted by atomic mass is 16.5. The van der Waals surface area contributed by atoms with E-state index in [-0.39, 0.29) is 5.97 Å². The summed E-state index contributed by atoms with van der Waals surface area (Å²) in [5.41, 5.74) is 1.93. The largest absolute Gasteiger partial charge is 0.493 e. The Hall–Kier alpha value is -2.10. The van der Waals surface area contributed by atoms with E-state index in [0.29, 0.717) is 30.4 Å². The molecule has 0 N–H and O–H groups in total. The molecule has 0 spiro atoms. The molecule has 2 rings (SSSR count). The third-order valence-electron chi connectivity index (χ3n) is 6.15. The molecule has 4 nitrogen and oxygen atoms in total. The van der Waals surface area contributed by atoms with Crippen LogP contribution in [0.1, 0.15) is 99.4 Å². The summed E-state index contributed by atoms with van der Waals surface area (Å²) >= 11 is 0. The molecule has 0 unspecified atom stereocenters. The molecular formula is C26H38O4. The minimum atomic E-state index is -0.382. The van der Waals surface area contributed by atoms with E-state index in [0.717, 1.165) is 31.5 Å². The Bertz CT molecular complexity index is 659. The molecule has 0 radical (unpaired) electrons. The lowest BCUT2D eigenvalue weighted by atomic mass is 9.77. The molecule has 1 aliphatic rings. The second kappa shape index (κ2) is 14.0. The third-order valence-corrected chi connectivity index (χ3v) is 6.15. The van der Waals surface area contributed by atoms with Gasteiger partial charge >= 0.3 is 5.97 Å². The van der Waals surface area contributed by atoms with Crippen molar-refractivity contribution in [1.82, 2.24) is 0 Å². The van der Waals surface area contributed by atoms with Crippen LogP contribution in [0.5, 0.6) is 5.75 Å². The Morgan fingerprint density at radius 1 is 1.07 bits per heavy atom. The molecule has 30 heavy (non-hydrogen) atoms. The minimum absolute atomic E-state index is 0.382. The Labute approximate surface area is 182 Å². The van der Waals surface area contributed by atoms with E-state index in [1.54, 1.807) is 0 Å². The first-order chi connectivity index (χ1) is 14.7. The molecule has 1 aromatic rings. The van der Waals surface area contributed by atoms with Crippen molar-refractivity contribution in [3.05, 3.63) is 42.0 Å². The van der Waals surface area contributed by atoms with Crippen LogP contribution in [0.2, 0.25) is 0 Å². The van der Waals surface area contributed by atoms with Crippen LogP contribution in [0.3, 0.4) is 0 Å². The van der Waals surface area contributed by atoms with Crippen molar-refractivity contribution in [1.29, 1.82) is 0 Å². The van der Waals surface area contributed by atoms with E-state index in [1.165, 1.54) is 63.0 Å². The van der Waals surface area contributed by atoms with Crippen LogP contribution in [-0.4, -0.2) is 25.5 Å². The van der Waals surface area contributed by atoms with Gasteiger partial charge in [-0.3, -0.25) is 4.79 Å². The maximum Gasteiger partial charge on any atom is 0.330 e. The molecule has 0 aliphatic heterocycles. The average Bonchev–Trinajstić information content (AvgIpc) is 2.79. The zero-order valence-electron chi connectivity index (χ0n) is 18.6.